The van der Waals surface area contributed by atoms with Gasteiger partial charge in [-0.2, -0.15) is 0 Å². The maximum atomic E-state index is 16.0. The number of halogens is 18. The van der Waals surface area contributed by atoms with Crippen LogP contribution in [-0.4, -0.2) is 97.8 Å². The predicted octanol–water partition coefficient (Wildman–Crippen LogP) is 30.3. The van der Waals surface area contributed by atoms with Crippen LogP contribution in [0.15, 0.2) is 164 Å². The van der Waals surface area contributed by atoms with Crippen molar-refractivity contribution in [1.82, 2.24) is 0 Å². The number of rotatable bonds is 57. The fourth-order valence-electron chi connectivity index (χ4n) is 21.9. The van der Waals surface area contributed by atoms with E-state index >= 15 is 79.0 Å². The first-order valence-corrected chi connectivity index (χ1v) is 51.2. The van der Waals surface area contributed by atoms with Crippen LogP contribution in [0.5, 0.6) is 0 Å². The lowest BCUT2D eigenvalue weighted by molar-refractivity contribution is -0.952. The SMILES string of the molecule is CCCCC(CCC(c1c(F)cccc1F)(c1c(F)cccc1F)c1c(F)cccc1F)[N+](CCCC)(CCCC)CCCC.CCCCC(CCC(c1c(F)cccc1F)(c1c(F)cccc1F)c1c(F)cccc1F)[N+](CCCC)(CCCC)CCCC.CCCCC(CCC(c1c(F)cccc1F)(c1c(F)cccc1F)c1c(F)cccc1F)[N+](CCCC)(CCCC)CCCC.[O-]B([O-])[O-]. The summed E-state index contributed by atoms with van der Waals surface area (Å²) in [4.78, 5) is 0. The summed E-state index contributed by atoms with van der Waals surface area (Å²) in [7, 11) is -2.92. The van der Waals surface area contributed by atoms with E-state index in [0.717, 1.165) is 410 Å². The van der Waals surface area contributed by atoms with Gasteiger partial charge in [-0.15, -0.1) is 0 Å². The zero-order valence-corrected chi connectivity index (χ0v) is 84.0. The summed E-state index contributed by atoms with van der Waals surface area (Å²) >= 11 is 0. The molecule has 6 nitrogen and oxygen atoms in total. The lowest BCUT2D eigenvalue weighted by atomic mass is 9.64. The molecular weight excluding hydrogens is 1810 g/mol. The van der Waals surface area contributed by atoms with Gasteiger partial charge in [-0.1, -0.05) is 215 Å². The first kappa shape index (κ1) is 119. The Morgan fingerprint density at radius 3 is 0.381 bits per heavy atom. The third-order valence-corrected chi connectivity index (χ3v) is 28.7. The molecule has 0 N–H and O–H groups in total. The van der Waals surface area contributed by atoms with Crippen LogP contribution in [0.25, 0.3) is 0 Å². The van der Waals surface area contributed by atoms with E-state index in [2.05, 4.69) is 83.1 Å². The number of hydrogen-bond acceptors (Lipinski definition) is 3. The Labute approximate surface area is 817 Å². The van der Waals surface area contributed by atoms with Gasteiger partial charge in [0.25, 0.3) is 0 Å². The third kappa shape index (κ3) is 30.1. The minimum absolute atomic E-state index is 0.0477. The molecule has 25 heteroatoms. The fourth-order valence-corrected chi connectivity index (χ4v) is 21.9. The van der Waals surface area contributed by atoms with Gasteiger partial charge in [0.05, 0.1) is 93.3 Å². The van der Waals surface area contributed by atoms with Crippen molar-refractivity contribution < 1.29 is 108 Å². The van der Waals surface area contributed by atoms with Crippen LogP contribution in [0.3, 0.4) is 0 Å². The van der Waals surface area contributed by atoms with E-state index in [1.807, 2.05) is 0 Å². The molecule has 0 saturated heterocycles. The Morgan fingerprint density at radius 2 is 0.288 bits per heavy atom. The Kier molecular flexibility index (Phi) is 51.1. The first-order valence-electron chi connectivity index (χ1n) is 51.2. The minimum Gasteiger partial charge on any atom is -0.907 e. The van der Waals surface area contributed by atoms with Crippen molar-refractivity contribution in [2.24, 2.45) is 0 Å². The molecule has 0 bridgehead atoms. The predicted molar refractivity (Wildman–Crippen MR) is 519 cm³/mol. The topological polar surface area (TPSA) is 69.2 Å². The summed E-state index contributed by atoms with van der Waals surface area (Å²) in [6, 6.07) is 27.7. The van der Waals surface area contributed by atoms with E-state index in [9.17, 15) is 0 Å². The van der Waals surface area contributed by atoms with Crippen LogP contribution in [0.4, 0.5) is 79.0 Å². The molecule has 0 aromatic heterocycles. The van der Waals surface area contributed by atoms with Crippen molar-refractivity contribution >= 4 is 7.32 Å². The maximum Gasteiger partial charge on any atom is 0.130 e. The normalized spacial score (nSPS) is 12.8. The summed E-state index contributed by atoms with van der Waals surface area (Å²) in [5.74, 6) is -20.1. The average Bonchev–Trinajstić information content (AvgIpc) is 0.726. The number of benzene rings is 9. The molecule has 0 radical (unpaired) electrons. The van der Waals surface area contributed by atoms with E-state index in [1.54, 1.807) is 0 Å². The second-order valence-electron chi connectivity index (χ2n) is 37.7. The van der Waals surface area contributed by atoms with Crippen molar-refractivity contribution in [3.05, 3.63) is 319 Å². The lowest BCUT2D eigenvalue weighted by Gasteiger charge is -2.47. The minimum atomic E-state index is -2.92. The highest BCUT2D eigenvalue weighted by Gasteiger charge is 2.54. The standard InChI is InChI=1S/3C38H50F6N.BO3/c3*1-5-9-16-28(45(25-10-6-2,26-11-7-3)27-12-8-4)23-24-38(35-29(39)17-13-18-30(35)40,36-31(41)19-14-20-32(36)42)37-33(43)21-15-22-34(37)44;2-1(3)4/h3*13-15,17-22,28H,5-12,16,23-27H2,1-4H3;/q3*+1;-3. The van der Waals surface area contributed by atoms with Crippen molar-refractivity contribution in [3.8, 4) is 0 Å². The molecule has 0 fully saturated rings. The number of quaternary nitrogens is 3. The van der Waals surface area contributed by atoms with E-state index in [4.69, 9.17) is 15.1 Å². The summed E-state index contributed by atoms with van der Waals surface area (Å²) in [5.41, 5.74) is -14.1. The summed E-state index contributed by atoms with van der Waals surface area (Å²) in [6.07, 6.45) is 25.4. The van der Waals surface area contributed by atoms with E-state index in [1.165, 1.54) is 0 Å². The number of hydrogen-bond donors (Lipinski definition) is 0. The van der Waals surface area contributed by atoms with Crippen molar-refractivity contribution in [2.75, 3.05) is 58.9 Å². The maximum absolute atomic E-state index is 16.0. The molecule has 9 aromatic carbocycles. The second kappa shape index (κ2) is 59.6. The summed E-state index contributed by atoms with van der Waals surface area (Å²) in [5, 5.41) is 25.2. The highest BCUT2D eigenvalue weighted by molar-refractivity contribution is 6.24. The molecule has 0 saturated carbocycles. The highest BCUT2D eigenvalue weighted by Crippen LogP contribution is 2.55. The van der Waals surface area contributed by atoms with Crippen LogP contribution in [0.2, 0.25) is 0 Å². The Morgan fingerprint density at radius 1 is 0.187 bits per heavy atom. The molecule has 0 aliphatic rings. The van der Waals surface area contributed by atoms with Crippen LogP contribution in [0, 0.1) is 105 Å². The smallest absolute Gasteiger partial charge is 0.130 e. The molecule has 139 heavy (non-hydrogen) atoms. The molecule has 0 aliphatic carbocycles. The monoisotopic (exact) mass is 1960 g/mol. The van der Waals surface area contributed by atoms with Gasteiger partial charge in [0.1, 0.15) is 105 Å². The fraction of sp³-hybridized carbons (Fsp3) is 0.526. The van der Waals surface area contributed by atoms with Gasteiger partial charge >= 0.3 is 0 Å². The Balaban J connectivity index is 0.000000313. The molecule has 0 aliphatic heterocycles. The Bertz CT molecular complexity index is 4020. The highest BCUT2D eigenvalue weighted by atomic mass is 19.2. The van der Waals surface area contributed by atoms with Gasteiger partial charge < -0.3 is 28.5 Å². The molecule has 9 aromatic rings. The van der Waals surface area contributed by atoms with Crippen LogP contribution < -0.4 is 15.1 Å². The first-order chi connectivity index (χ1) is 66.6. The van der Waals surface area contributed by atoms with Crippen LogP contribution in [0.1, 0.15) is 345 Å². The van der Waals surface area contributed by atoms with Crippen LogP contribution in [-0.2, 0) is 16.2 Å². The molecule has 3 atom stereocenters. The van der Waals surface area contributed by atoms with Gasteiger partial charge in [-0.25, -0.2) is 79.0 Å². The molecule has 768 valence electrons. The molecule has 9 rings (SSSR count). The van der Waals surface area contributed by atoms with Gasteiger partial charge in [0, 0.05) is 69.3 Å². The lowest BCUT2D eigenvalue weighted by Crippen LogP contribution is -2.57. The molecule has 0 heterocycles. The van der Waals surface area contributed by atoms with Gasteiger partial charge in [0.15, 0.2) is 0 Å². The van der Waals surface area contributed by atoms with E-state index < -0.39 is 178 Å². The largest absolute Gasteiger partial charge is 0.907 e. The summed E-state index contributed by atoms with van der Waals surface area (Å²) in [6.45, 7) is 33.6. The zero-order chi connectivity index (χ0) is 103. The van der Waals surface area contributed by atoms with Crippen LogP contribution >= 0.6 is 0 Å². The number of nitrogens with zero attached hydrogens (tertiary/aromatic N) is 3. The molecule has 0 amide bonds. The third-order valence-electron chi connectivity index (χ3n) is 28.7. The van der Waals surface area contributed by atoms with Gasteiger partial charge in [-0.3, -0.25) is 7.32 Å². The van der Waals surface area contributed by atoms with Crippen molar-refractivity contribution in [1.29, 1.82) is 0 Å². The number of unbranched alkanes of at least 4 members (excludes halogenated alkanes) is 12. The van der Waals surface area contributed by atoms with E-state index in [0.29, 0.717) is 0 Å². The molecular formula is C114H150BF18N3O3. The molecule has 0 spiro atoms. The second-order valence-corrected chi connectivity index (χ2v) is 37.7. The molecule has 3 unspecified atom stereocenters. The zero-order valence-electron chi connectivity index (χ0n) is 84.0. The van der Waals surface area contributed by atoms with Gasteiger partial charge in [0.2, 0.25) is 0 Å². The quantitative estimate of drug-likeness (QED) is 0.0165. The van der Waals surface area contributed by atoms with E-state index in [-0.39, 0.29) is 56.7 Å². The van der Waals surface area contributed by atoms with Crippen molar-refractivity contribution in [2.45, 2.75) is 329 Å². The van der Waals surface area contributed by atoms with Crippen molar-refractivity contribution in [3.63, 3.8) is 0 Å². The van der Waals surface area contributed by atoms with Gasteiger partial charge in [-0.05, 0) is 225 Å². The Hall–Kier alpha value is -8.46. The summed E-state index contributed by atoms with van der Waals surface area (Å²) < 4.78 is 290. The average molecular weight is 1960 g/mol.